The lowest BCUT2D eigenvalue weighted by Gasteiger charge is -2.29. The molecule has 2 aliphatic heterocycles. The molecule has 0 aromatic rings. The van der Waals surface area contributed by atoms with E-state index in [0.29, 0.717) is 13.2 Å². The molecular weight excluding hydrogens is 266 g/mol. The number of sulfonamides is 1. The molecule has 19 heavy (non-hydrogen) atoms. The topological polar surface area (TPSA) is 61.9 Å². The van der Waals surface area contributed by atoms with Crippen LogP contribution in [0.3, 0.4) is 0 Å². The smallest absolute Gasteiger partial charge is 0.216 e. The summed E-state index contributed by atoms with van der Waals surface area (Å²) in [4.78, 5) is 2.30. The molecule has 0 saturated carbocycles. The number of ether oxygens (including phenoxy) is 1. The number of likely N-dealkylation sites (N-methyl/N-ethyl adjacent to an activating group) is 1. The molecule has 7 heteroatoms. The first-order valence-corrected chi connectivity index (χ1v) is 8.67. The number of nitrogens with zero attached hydrogens (tertiary/aromatic N) is 2. The Morgan fingerprint density at radius 3 is 2.74 bits per heavy atom. The van der Waals surface area contributed by atoms with Crippen LogP contribution in [0.2, 0.25) is 0 Å². The Bertz CT molecular complexity index is 362. The van der Waals surface area contributed by atoms with E-state index in [2.05, 4.69) is 10.2 Å². The zero-order valence-electron chi connectivity index (χ0n) is 11.7. The second-order valence-corrected chi connectivity index (χ2v) is 7.45. The van der Waals surface area contributed by atoms with Crippen molar-refractivity contribution in [2.45, 2.75) is 18.9 Å². The van der Waals surface area contributed by atoms with Gasteiger partial charge in [-0.1, -0.05) is 0 Å². The van der Waals surface area contributed by atoms with Gasteiger partial charge in [0.15, 0.2) is 0 Å². The van der Waals surface area contributed by atoms with Crippen molar-refractivity contribution in [1.82, 2.24) is 14.5 Å². The fourth-order valence-corrected chi connectivity index (χ4v) is 3.84. The van der Waals surface area contributed by atoms with E-state index in [0.717, 1.165) is 45.6 Å². The van der Waals surface area contributed by atoms with Crippen LogP contribution in [-0.4, -0.2) is 82.4 Å². The molecule has 0 aromatic heterocycles. The van der Waals surface area contributed by atoms with Gasteiger partial charge >= 0.3 is 0 Å². The Balaban J connectivity index is 1.75. The van der Waals surface area contributed by atoms with Gasteiger partial charge in [0.1, 0.15) is 0 Å². The van der Waals surface area contributed by atoms with E-state index in [1.165, 1.54) is 4.31 Å². The van der Waals surface area contributed by atoms with Crippen molar-refractivity contribution >= 4 is 10.0 Å². The molecule has 2 fully saturated rings. The summed E-state index contributed by atoms with van der Waals surface area (Å²) in [5.41, 5.74) is 0. The number of nitrogens with one attached hydrogen (secondary N) is 1. The van der Waals surface area contributed by atoms with E-state index in [1.807, 2.05) is 0 Å². The van der Waals surface area contributed by atoms with Crippen LogP contribution in [-0.2, 0) is 14.8 Å². The summed E-state index contributed by atoms with van der Waals surface area (Å²) in [6.07, 6.45) is 1.74. The molecule has 2 rings (SSSR count). The second kappa shape index (κ2) is 6.99. The highest BCUT2D eigenvalue weighted by atomic mass is 32.2. The summed E-state index contributed by atoms with van der Waals surface area (Å²) in [6, 6.07) is 0. The minimum atomic E-state index is -3.18. The van der Waals surface area contributed by atoms with Crippen molar-refractivity contribution < 1.29 is 13.2 Å². The standard InChI is InChI=1S/C12H25N3O3S/c1-14(8-9-15-6-4-13-5-7-15)19(16,17)11-12-3-2-10-18-12/h12-13H,2-11H2,1H3. The number of hydrogen-bond donors (Lipinski definition) is 1. The molecule has 2 aliphatic rings. The van der Waals surface area contributed by atoms with Crippen LogP contribution in [0.15, 0.2) is 0 Å². The van der Waals surface area contributed by atoms with Gasteiger partial charge in [-0.2, -0.15) is 0 Å². The van der Waals surface area contributed by atoms with Gasteiger partial charge in [0, 0.05) is 52.9 Å². The summed E-state index contributed by atoms with van der Waals surface area (Å²) in [5.74, 6) is 0.130. The van der Waals surface area contributed by atoms with E-state index in [9.17, 15) is 8.42 Å². The molecule has 112 valence electrons. The monoisotopic (exact) mass is 291 g/mol. The normalized spacial score (nSPS) is 26.1. The Kier molecular flexibility index (Phi) is 5.58. The molecule has 6 nitrogen and oxygen atoms in total. The second-order valence-electron chi connectivity index (χ2n) is 5.33. The molecule has 1 atom stereocenters. The van der Waals surface area contributed by atoms with E-state index >= 15 is 0 Å². The lowest BCUT2D eigenvalue weighted by atomic mass is 10.3. The first kappa shape index (κ1) is 15.2. The number of rotatable bonds is 6. The maximum Gasteiger partial charge on any atom is 0.216 e. The minimum Gasteiger partial charge on any atom is -0.377 e. The highest BCUT2D eigenvalue weighted by Crippen LogP contribution is 2.15. The van der Waals surface area contributed by atoms with Gasteiger partial charge in [0.05, 0.1) is 11.9 Å². The van der Waals surface area contributed by atoms with E-state index in [4.69, 9.17) is 4.74 Å². The van der Waals surface area contributed by atoms with Crippen LogP contribution in [0.5, 0.6) is 0 Å². The fourth-order valence-electron chi connectivity index (χ4n) is 2.49. The number of piperazine rings is 1. The lowest BCUT2D eigenvalue weighted by molar-refractivity contribution is 0.126. The summed E-state index contributed by atoms with van der Waals surface area (Å²) in [5, 5.41) is 3.29. The van der Waals surface area contributed by atoms with Crippen LogP contribution in [0.1, 0.15) is 12.8 Å². The third-order valence-corrected chi connectivity index (χ3v) is 5.76. The third-order valence-electron chi connectivity index (χ3n) is 3.84. The van der Waals surface area contributed by atoms with Crippen molar-refractivity contribution in [3.05, 3.63) is 0 Å². The van der Waals surface area contributed by atoms with Crippen LogP contribution < -0.4 is 5.32 Å². The predicted octanol–water partition coefficient (Wildman–Crippen LogP) is -0.668. The molecule has 0 radical (unpaired) electrons. The molecule has 0 aliphatic carbocycles. The molecule has 0 spiro atoms. The molecule has 0 amide bonds. The van der Waals surface area contributed by atoms with Gasteiger partial charge in [-0.15, -0.1) is 0 Å². The zero-order chi connectivity index (χ0) is 13.7. The average molecular weight is 291 g/mol. The molecule has 2 saturated heterocycles. The van der Waals surface area contributed by atoms with Crippen molar-refractivity contribution in [2.24, 2.45) is 0 Å². The molecule has 0 aromatic carbocycles. The van der Waals surface area contributed by atoms with Gasteiger partial charge in [0.25, 0.3) is 0 Å². The Morgan fingerprint density at radius 2 is 2.11 bits per heavy atom. The summed E-state index contributed by atoms with van der Waals surface area (Å²) >= 11 is 0. The van der Waals surface area contributed by atoms with Crippen LogP contribution in [0, 0.1) is 0 Å². The largest absolute Gasteiger partial charge is 0.377 e. The van der Waals surface area contributed by atoms with Crippen molar-refractivity contribution in [1.29, 1.82) is 0 Å². The van der Waals surface area contributed by atoms with Crippen molar-refractivity contribution in [2.75, 3.05) is 58.7 Å². The summed E-state index contributed by atoms with van der Waals surface area (Å²) < 4.78 is 31.2. The van der Waals surface area contributed by atoms with Gasteiger partial charge < -0.3 is 10.1 Å². The Labute approximate surface area is 116 Å². The van der Waals surface area contributed by atoms with E-state index in [-0.39, 0.29) is 11.9 Å². The van der Waals surface area contributed by atoms with Crippen LogP contribution >= 0.6 is 0 Å². The number of hydrogen-bond acceptors (Lipinski definition) is 5. The van der Waals surface area contributed by atoms with Gasteiger partial charge in [-0.05, 0) is 12.8 Å². The van der Waals surface area contributed by atoms with E-state index in [1.54, 1.807) is 7.05 Å². The third kappa shape index (κ3) is 4.68. The summed E-state index contributed by atoms with van der Waals surface area (Å²) in [6.45, 7) is 6.06. The SMILES string of the molecule is CN(CCN1CCNCC1)S(=O)(=O)CC1CCCO1. The predicted molar refractivity (Wildman–Crippen MR) is 74.7 cm³/mol. The van der Waals surface area contributed by atoms with Crippen molar-refractivity contribution in [3.63, 3.8) is 0 Å². The highest BCUT2D eigenvalue weighted by molar-refractivity contribution is 7.89. The molecule has 1 unspecified atom stereocenters. The lowest BCUT2D eigenvalue weighted by Crippen LogP contribution is -2.47. The first-order valence-electron chi connectivity index (χ1n) is 7.06. The molecule has 0 bridgehead atoms. The Hall–Kier alpha value is -0.210. The quantitative estimate of drug-likeness (QED) is 0.703. The first-order chi connectivity index (χ1) is 9.08. The average Bonchev–Trinajstić information content (AvgIpc) is 2.89. The van der Waals surface area contributed by atoms with Gasteiger partial charge in [-0.25, -0.2) is 12.7 Å². The van der Waals surface area contributed by atoms with Crippen LogP contribution in [0.25, 0.3) is 0 Å². The Morgan fingerprint density at radius 1 is 1.37 bits per heavy atom. The minimum absolute atomic E-state index is 0.105. The molecular formula is C12H25N3O3S. The molecule has 2 heterocycles. The van der Waals surface area contributed by atoms with E-state index < -0.39 is 10.0 Å². The fraction of sp³-hybridized carbons (Fsp3) is 1.00. The van der Waals surface area contributed by atoms with Crippen LogP contribution in [0.4, 0.5) is 0 Å². The maximum atomic E-state index is 12.2. The maximum absolute atomic E-state index is 12.2. The van der Waals surface area contributed by atoms with Gasteiger partial charge in [-0.3, -0.25) is 4.90 Å². The summed E-state index contributed by atoms with van der Waals surface area (Å²) in [7, 11) is -1.51. The molecule has 1 N–H and O–H groups in total. The zero-order valence-corrected chi connectivity index (χ0v) is 12.5. The van der Waals surface area contributed by atoms with Gasteiger partial charge in [0.2, 0.25) is 10.0 Å². The highest BCUT2D eigenvalue weighted by Gasteiger charge is 2.26. The van der Waals surface area contributed by atoms with Crippen molar-refractivity contribution in [3.8, 4) is 0 Å².